The van der Waals surface area contributed by atoms with Gasteiger partial charge >= 0.3 is 0 Å². The molecule has 120 valence electrons. The molecule has 0 radical (unpaired) electrons. The zero-order valence-electron chi connectivity index (χ0n) is 12.7. The lowest BCUT2D eigenvalue weighted by Crippen LogP contribution is -3.00. The quantitative estimate of drug-likeness (QED) is 0.475. The second kappa shape index (κ2) is 7.20. The Kier molecular flexibility index (Phi) is 5.02. The van der Waals surface area contributed by atoms with Gasteiger partial charge in [0, 0.05) is 11.6 Å². The summed E-state index contributed by atoms with van der Waals surface area (Å²) >= 11 is 1.69. The monoisotopic (exact) mass is 400 g/mol. The summed E-state index contributed by atoms with van der Waals surface area (Å²) in [5.41, 5.74) is 3.19. The van der Waals surface area contributed by atoms with Crippen molar-refractivity contribution in [2.45, 2.75) is 6.54 Å². The number of hydrogen-bond donors (Lipinski definition) is 0. The Balaban J connectivity index is 0.00000169. The van der Waals surface area contributed by atoms with Crippen molar-refractivity contribution < 1.29 is 25.9 Å². The van der Waals surface area contributed by atoms with Gasteiger partial charge in [0.1, 0.15) is 10.8 Å². The highest BCUT2D eigenvalue weighted by atomic mass is 79.9. The molecule has 0 aliphatic rings. The Morgan fingerprint density at radius 2 is 1.75 bits per heavy atom. The van der Waals surface area contributed by atoms with E-state index in [-0.39, 0.29) is 22.8 Å². The second-order valence-electron chi connectivity index (χ2n) is 5.38. The molecule has 24 heavy (non-hydrogen) atoms. The molecule has 0 aliphatic carbocycles. The third-order valence-electron chi connectivity index (χ3n) is 3.68. The number of thiazole rings is 1. The van der Waals surface area contributed by atoms with Crippen LogP contribution in [0.15, 0.2) is 73.1 Å². The van der Waals surface area contributed by atoms with Crippen molar-refractivity contribution in [3.05, 3.63) is 84.4 Å². The Labute approximate surface area is 154 Å². The fourth-order valence-corrected chi connectivity index (χ4v) is 3.50. The number of halogens is 2. The van der Waals surface area contributed by atoms with Gasteiger partial charge in [-0.3, -0.25) is 0 Å². The summed E-state index contributed by atoms with van der Waals surface area (Å²) in [6, 6.07) is 18.9. The Hall–Kier alpha value is -2.11. The fourth-order valence-electron chi connectivity index (χ4n) is 2.54. The molecule has 2 aromatic carbocycles. The highest BCUT2D eigenvalue weighted by molar-refractivity contribution is 7.21. The first-order valence-electron chi connectivity index (χ1n) is 7.37. The van der Waals surface area contributed by atoms with Gasteiger partial charge in [0.2, 0.25) is 0 Å². The van der Waals surface area contributed by atoms with Crippen LogP contribution in [0.25, 0.3) is 20.8 Å². The number of para-hydroxylation sites is 1. The molecule has 0 N–H and O–H groups in total. The molecule has 2 nitrogen and oxygen atoms in total. The number of aromatic nitrogens is 2. The summed E-state index contributed by atoms with van der Waals surface area (Å²) in [6.45, 7) is 0.707. The van der Waals surface area contributed by atoms with Crippen molar-refractivity contribution in [1.82, 2.24) is 4.98 Å². The van der Waals surface area contributed by atoms with Crippen molar-refractivity contribution in [1.29, 1.82) is 0 Å². The van der Waals surface area contributed by atoms with Gasteiger partial charge in [-0.2, -0.15) is 0 Å². The lowest BCUT2D eigenvalue weighted by Gasteiger charge is -1.99. The summed E-state index contributed by atoms with van der Waals surface area (Å²) in [7, 11) is 0. The van der Waals surface area contributed by atoms with Gasteiger partial charge in [-0.15, -0.1) is 11.3 Å². The van der Waals surface area contributed by atoms with E-state index >= 15 is 0 Å². The van der Waals surface area contributed by atoms with Crippen LogP contribution in [-0.4, -0.2) is 4.98 Å². The van der Waals surface area contributed by atoms with Gasteiger partial charge < -0.3 is 17.0 Å². The van der Waals surface area contributed by atoms with E-state index in [2.05, 4.69) is 22.9 Å². The van der Waals surface area contributed by atoms with Crippen LogP contribution in [-0.2, 0) is 6.54 Å². The molecule has 0 aliphatic heterocycles. The molecular formula is C19H14BrFN2S. The van der Waals surface area contributed by atoms with E-state index in [0.717, 1.165) is 21.7 Å². The molecule has 0 amide bonds. The third kappa shape index (κ3) is 3.52. The van der Waals surface area contributed by atoms with Crippen molar-refractivity contribution in [2.75, 3.05) is 0 Å². The minimum Gasteiger partial charge on any atom is -1.00 e. The Morgan fingerprint density at radius 1 is 0.958 bits per heavy atom. The van der Waals surface area contributed by atoms with Crippen LogP contribution in [0.4, 0.5) is 4.39 Å². The van der Waals surface area contributed by atoms with Crippen molar-refractivity contribution in [3.63, 3.8) is 0 Å². The number of pyridine rings is 1. The maximum absolute atomic E-state index is 13.0. The molecular weight excluding hydrogens is 387 g/mol. The van der Waals surface area contributed by atoms with E-state index in [1.807, 2.05) is 42.6 Å². The summed E-state index contributed by atoms with van der Waals surface area (Å²) < 4.78 is 16.3. The lowest BCUT2D eigenvalue weighted by molar-refractivity contribution is -0.687. The van der Waals surface area contributed by atoms with Crippen molar-refractivity contribution in [3.8, 4) is 10.6 Å². The first-order chi connectivity index (χ1) is 11.3. The number of rotatable bonds is 3. The molecule has 0 saturated carbocycles. The minimum atomic E-state index is -0.207. The third-order valence-corrected chi connectivity index (χ3v) is 4.76. The molecule has 2 aromatic heterocycles. The zero-order valence-corrected chi connectivity index (χ0v) is 15.1. The molecule has 0 unspecified atom stereocenters. The Bertz CT molecular complexity index is 933. The van der Waals surface area contributed by atoms with E-state index in [9.17, 15) is 4.39 Å². The normalized spacial score (nSPS) is 10.5. The topological polar surface area (TPSA) is 16.8 Å². The molecule has 4 aromatic rings. The summed E-state index contributed by atoms with van der Waals surface area (Å²) in [4.78, 5) is 4.70. The van der Waals surface area contributed by atoms with E-state index in [1.165, 1.54) is 16.8 Å². The number of benzene rings is 2. The molecule has 0 atom stereocenters. The number of fused-ring (bicyclic) bond motifs is 1. The number of hydrogen-bond acceptors (Lipinski definition) is 2. The van der Waals surface area contributed by atoms with Gasteiger partial charge in [-0.25, -0.2) is 13.9 Å². The standard InChI is InChI=1S/C19H14FN2S.BrH/c20-16-9-7-14(8-10-16)12-22-11-3-4-15(13-22)19-21-17-5-1-2-6-18(17)23-19;/h1-11,13H,12H2;1H/q+1;/p-1. The average Bonchev–Trinajstić information content (AvgIpc) is 3.01. The highest BCUT2D eigenvalue weighted by Crippen LogP contribution is 2.29. The van der Waals surface area contributed by atoms with Gasteiger partial charge in [0.15, 0.2) is 18.9 Å². The predicted octanol–water partition coefficient (Wildman–Crippen LogP) is 1.44. The van der Waals surface area contributed by atoms with Crippen LogP contribution in [0.3, 0.4) is 0 Å². The maximum Gasteiger partial charge on any atom is 0.179 e. The van der Waals surface area contributed by atoms with E-state index in [1.54, 1.807) is 11.3 Å². The summed E-state index contributed by atoms with van der Waals surface area (Å²) in [5.74, 6) is -0.207. The molecule has 0 spiro atoms. The van der Waals surface area contributed by atoms with Gasteiger partial charge in [-0.1, -0.05) is 12.1 Å². The van der Waals surface area contributed by atoms with Crippen LogP contribution in [0.2, 0.25) is 0 Å². The van der Waals surface area contributed by atoms with Crippen LogP contribution < -0.4 is 21.5 Å². The molecule has 0 fully saturated rings. The van der Waals surface area contributed by atoms with Gasteiger partial charge in [0.05, 0.1) is 15.8 Å². The number of nitrogens with zero attached hydrogens (tertiary/aromatic N) is 2. The molecule has 2 heterocycles. The van der Waals surface area contributed by atoms with Gasteiger partial charge in [0.25, 0.3) is 0 Å². The van der Waals surface area contributed by atoms with E-state index in [4.69, 9.17) is 4.98 Å². The van der Waals surface area contributed by atoms with E-state index < -0.39 is 0 Å². The van der Waals surface area contributed by atoms with E-state index in [0.29, 0.717) is 6.54 Å². The van der Waals surface area contributed by atoms with Crippen LogP contribution >= 0.6 is 11.3 Å². The molecule has 0 saturated heterocycles. The van der Waals surface area contributed by atoms with Crippen molar-refractivity contribution >= 4 is 21.6 Å². The average molecular weight is 401 g/mol. The maximum atomic E-state index is 13.0. The summed E-state index contributed by atoms with van der Waals surface area (Å²) in [5, 5.41) is 1.01. The molecule has 0 bridgehead atoms. The molecule has 4 rings (SSSR count). The van der Waals surface area contributed by atoms with Crippen molar-refractivity contribution in [2.24, 2.45) is 0 Å². The predicted molar refractivity (Wildman–Crippen MR) is 90.8 cm³/mol. The minimum absolute atomic E-state index is 0. The zero-order chi connectivity index (χ0) is 15.6. The second-order valence-corrected chi connectivity index (χ2v) is 6.41. The first kappa shape index (κ1) is 16.7. The van der Waals surface area contributed by atoms with Gasteiger partial charge in [-0.05, 0) is 42.5 Å². The largest absolute Gasteiger partial charge is 1.00 e. The van der Waals surface area contributed by atoms with Crippen LogP contribution in [0.1, 0.15) is 5.56 Å². The highest BCUT2D eigenvalue weighted by Gasteiger charge is 2.10. The Morgan fingerprint density at radius 3 is 2.54 bits per heavy atom. The lowest BCUT2D eigenvalue weighted by atomic mass is 10.2. The van der Waals surface area contributed by atoms with Crippen LogP contribution in [0, 0.1) is 5.82 Å². The molecule has 5 heteroatoms. The fraction of sp³-hybridized carbons (Fsp3) is 0.0526. The summed E-state index contributed by atoms with van der Waals surface area (Å²) in [6.07, 6.45) is 4.10. The SMILES string of the molecule is Fc1ccc(C[n+]2cccc(-c3nc4ccccc4s3)c2)cc1.[Br-]. The first-order valence-corrected chi connectivity index (χ1v) is 8.19. The van der Waals surface area contributed by atoms with Crippen LogP contribution in [0.5, 0.6) is 0 Å². The smallest absolute Gasteiger partial charge is 0.179 e.